The van der Waals surface area contributed by atoms with Crippen molar-refractivity contribution in [3.8, 4) is 11.5 Å². The van der Waals surface area contributed by atoms with E-state index in [0.717, 1.165) is 11.1 Å². The molecule has 30 heavy (non-hydrogen) atoms. The Labute approximate surface area is 174 Å². The van der Waals surface area contributed by atoms with Gasteiger partial charge < -0.3 is 19.5 Å². The fraction of sp³-hybridized carbons (Fsp3) is 0.0952. The van der Waals surface area contributed by atoms with Gasteiger partial charge in [-0.25, -0.2) is 9.37 Å². The number of carbonyl (C=O) groups excluding carboxylic acids is 2. The summed E-state index contributed by atoms with van der Waals surface area (Å²) in [5.41, 5.74) is 1.49. The maximum atomic E-state index is 14.2. The molecular weight excluding hydrogens is 409 g/mol. The molecule has 9 heteroatoms. The minimum absolute atomic E-state index is 0.0655. The summed E-state index contributed by atoms with van der Waals surface area (Å²) < 4.78 is 24.7. The highest BCUT2D eigenvalue weighted by atomic mass is 32.1. The van der Waals surface area contributed by atoms with Gasteiger partial charge in [-0.1, -0.05) is 0 Å². The zero-order valence-electron chi connectivity index (χ0n) is 16.0. The van der Waals surface area contributed by atoms with E-state index in [1.54, 1.807) is 13.0 Å². The molecule has 3 aromatic heterocycles. The van der Waals surface area contributed by atoms with E-state index >= 15 is 0 Å². The molecule has 4 rings (SSSR count). The molecular formula is C21H16FN3O4S. The highest BCUT2D eigenvalue weighted by Gasteiger charge is 2.16. The van der Waals surface area contributed by atoms with Crippen LogP contribution in [0, 0.1) is 19.7 Å². The van der Waals surface area contributed by atoms with Gasteiger partial charge in [0, 0.05) is 11.1 Å². The zero-order chi connectivity index (χ0) is 21.3. The lowest BCUT2D eigenvalue weighted by molar-refractivity contribution is 0.101. The Kier molecular flexibility index (Phi) is 5.20. The van der Waals surface area contributed by atoms with Crippen LogP contribution < -0.4 is 10.6 Å². The normalized spacial score (nSPS) is 10.8. The minimum atomic E-state index is -0.632. The summed E-state index contributed by atoms with van der Waals surface area (Å²) in [6.45, 7) is 3.51. The van der Waals surface area contributed by atoms with E-state index in [9.17, 15) is 14.0 Å². The van der Waals surface area contributed by atoms with Crippen LogP contribution >= 0.6 is 11.3 Å². The number of thiazole rings is 1. The Morgan fingerprint density at radius 3 is 2.60 bits per heavy atom. The van der Waals surface area contributed by atoms with Crippen molar-refractivity contribution in [2.45, 2.75) is 13.8 Å². The third-order valence-corrected chi connectivity index (χ3v) is 5.08. The van der Waals surface area contributed by atoms with Crippen LogP contribution in [0.2, 0.25) is 0 Å². The lowest BCUT2D eigenvalue weighted by Crippen LogP contribution is -2.15. The first kappa shape index (κ1) is 19.6. The molecule has 0 aliphatic rings. The number of furan rings is 2. The van der Waals surface area contributed by atoms with E-state index in [1.165, 1.54) is 42.1 Å². The number of nitrogens with one attached hydrogen (secondary N) is 2. The van der Waals surface area contributed by atoms with Gasteiger partial charge in [0.1, 0.15) is 23.5 Å². The van der Waals surface area contributed by atoms with Crippen molar-refractivity contribution in [2.24, 2.45) is 0 Å². The lowest BCUT2D eigenvalue weighted by atomic mass is 10.2. The molecule has 4 aromatic rings. The van der Waals surface area contributed by atoms with Gasteiger partial charge in [0.25, 0.3) is 11.8 Å². The molecule has 2 N–H and O–H groups in total. The van der Waals surface area contributed by atoms with E-state index in [1.807, 2.05) is 12.3 Å². The van der Waals surface area contributed by atoms with Gasteiger partial charge >= 0.3 is 0 Å². The van der Waals surface area contributed by atoms with Crippen LogP contribution in [0.1, 0.15) is 31.5 Å². The zero-order valence-corrected chi connectivity index (χ0v) is 16.8. The molecule has 7 nitrogen and oxygen atoms in total. The van der Waals surface area contributed by atoms with Gasteiger partial charge in [-0.3, -0.25) is 9.59 Å². The van der Waals surface area contributed by atoms with Crippen molar-refractivity contribution in [3.63, 3.8) is 0 Å². The number of aryl methyl sites for hydroxylation is 2. The standard InChI is InChI=1S/C21H16FN3O4S/c1-11-15(5-6-28-11)21(27)25-17-8-14(3-4-16(17)22)24-20(26)13-7-19(29-9-13)18-10-30-12(2)23-18/h3-10H,1-2H3,(H,24,26)(H,25,27). The Hall–Kier alpha value is -3.72. The largest absolute Gasteiger partial charge is 0.469 e. The quantitative estimate of drug-likeness (QED) is 0.455. The molecule has 0 saturated heterocycles. The summed E-state index contributed by atoms with van der Waals surface area (Å²) in [6, 6.07) is 6.97. The number of nitrogens with zero attached hydrogens (tertiary/aromatic N) is 1. The predicted molar refractivity (Wildman–Crippen MR) is 110 cm³/mol. The minimum Gasteiger partial charge on any atom is -0.469 e. The Morgan fingerprint density at radius 1 is 1.07 bits per heavy atom. The Bertz CT molecular complexity index is 1240. The first-order valence-electron chi connectivity index (χ1n) is 8.88. The van der Waals surface area contributed by atoms with Crippen LogP contribution in [0.3, 0.4) is 0 Å². The van der Waals surface area contributed by atoms with E-state index in [-0.39, 0.29) is 5.69 Å². The monoisotopic (exact) mass is 425 g/mol. The molecule has 0 atom stereocenters. The molecule has 0 spiro atoms. The molecule has 0 aliphatic carbocycles. The summed E-state index contributed by atoms with van der Waals surface area (Å²) in [5.74, 6) is -0.685. The van der Waals surface area contributed by atoms with E-state index in [4.69, 9.17) is 8.83 Å². The smallest absolute Gasteiger partial charge is 0.259 e. The van der Waals surface area contributed by atoms with Crippen molar-refractivity contribution in [1.29, 1.82) is 0 Å². The molecule has 0 radical (unpaired) electrons. The first-order chi connectivity index (χ1) is 14.4. The average Bonchev–Trinajstić information content (AvgIpc) is 3.45. The number of aromatic nitrogens is 1. The number of halogens is 1. The van der Waals surface area contributed by atoms with E-state index in [2.05, 4.69) is 15.6 Å². The van der Waals surface area contributed by atoms with E-state index in [0.29, 0.717) is 34.0 Å². The summed E-state index contributed by atoms with van der Waals surface area (Å²) in [7, 11) is 0. The van der Waals surface area contributed by atoms with Crippen LogP contribution in [0.4, 0.5) is 15.8 Å². The second kappa shape index (κ2) is 7.96. The van der Waals surface area contributed by atoms with Crippen molar-refractivity contribution in [1.82, 2.24) is 4.98 Å². The molecule has 0 fully saturated rings. The summed E-state index contributed by atoms with van der Waals surface area (Å²) in [5, 5.41) is 7.87. The fourth-order valence-corrected chi connectivity index (χ4v) is 3.38. The number of benzene rings is 1. The SMILES string of the molecule is Cc1nc(-c2cc(C(=O)Nc3ccc(F)c(NC(=O)c4ccoc4C)c3)co2)cs1. The summed E-state index contributed by atoms with van der Waals surface area (Å²) >= 11 is 1.48. The summed E-state index contributed by atoms with van der Waals surface area (Å²) in [6.07, 6.45) is 2.70. The van der Waals surface area contributed by atoms with Gasteiger partial charge in [0.05, 0.1) is 28.1 Å². The summed E-state index contributed by atoms with van der Waals surface area (Å²) in [4.78, 5) is 29.1. The molecule has 1 aromatic carbocycles. The lowest BCUT2D eigenvalue weighted by Gasteiger charge is -2.09. The highest BCUT2D eigenvalue weighted by Crippen LogP contribution is 2.25. The third kappa shape index (κ3) is 4.01. The Balaban J connectivity index is 1.49. The maximum Gasteiger partial charge on any atom is 0.259 e. The fourth-order valence-electron chi connectivity index (χ4n) is 2.78. The number of hydrogen-bond acceptors (Lipinski definition) is 6. The number of rotatable bonds is 5. The van der Waals surface area contributed by atoms with Crippen LogP contribution in [0.5, 0.6) is 0 Å². The van der Waals surface area contributed by atoms with Crippen LogP contribution in [0.15, 0.2) is 57.1 Å². The first-order valence-corrected chi connectivity index (χ1v) is 9.76. The molecule has 152 valence electrons. The highest BCUT2D eigenvalue weighted by molar-refractivity contribution is 7.09. The molecule has 0 aliphatic heterocycles. The van der Waals surface area contributed by atoms with Gasteiger partial charge in [0.15, 0.2) is 5.76 Å². The molecule has 2 amide bonds. The number of carbonyl (C=O) groups is 2. The van der Waals surface area contributed by atoms with Crippen LogP contribution in [-0.4, -0.2) is 16.8 Å². The van der Waals surface area contributed by atoms with Crippen LogP contribution in [-0.2, 0) is 0 Å². The van der Waals surface area contributed by atoms with Crippen molar-refractivity contribution in [3.05, 3.63) is 76.0 Å². The van der Waals surface area contributed by atoms with Gasteiger partial charge in [-0.2, -0.15) is 0 Å². The topological polar surface area (TPSA) is 97.4 Å². The van der Waals surface area contributed by atoms with Crippen molar-refractivity contribution < 1.29 is 22.8 Å². The number of hydrogen-bond donors (Lipinski definition) is 2. The third-order valence-electron chi connectivity index (χ3n) is 4.31. The van der Waals surface area contributed by atoms with E-state index < -0.39 is 17.6 Å². The van der Waals surface area contributed by atoms with Crippen LogP contribution in [0.25, 0.3) is 11.5 Å². The number of anilines is 2. The van der Waals surface area contributed by atoms with Crippen molar-refractivity contribution >= 4 is 34.5 Å². The van der Waals surface area contributed by atoms with Gasteiger partial charge in [0.2, 0.25) is 0 Å². The molecule has 0 saturated carbocycles. The molecule has 0 bridgehead atoms. The number of amides is 2. The average molecular weight is 425 g/mol. The predicted octanol–water partition coefficient (Wildman–Crippen LogP) is 5.26. The molecule has 3 heterocycles. The second-order valence-corrected chi connectivity index (χ2v) is 7.51. The van der Waals surface area contributed by atoms with Gasteiger partial charge in [-0.05, 0) is 44.2 Å². The maximum absolute atomic E-state index is 14.2. The Morgan fingerprint density at radius 2 is 1.90 bits per heavy atom. The second-order valence-electron chi connectivity index (χ2n) is 6.44. The van der Waals surface area contributed by atoms with Crippen molar-refractivity contribution in [2.75, 3.05) is 10.6 Å². The van der Waals surface area contributed by atoms with Gasteiger partial charge in [-0.15, -0.1) is 11.3 Å². The molecule has 0 unspecified atom stereocenters.